The van der Waals surface area contributed by atoms with Crippen molar-refractivity contribution in [1.29, 1.82) is 0 Å². The summed E-state index contributed by atoms with van der Waals surface area (Å²) in [6.07, 6.45) is 7.43. The molecule has 3 fully saturated rings. The van der Waals surface area contributed by atoms with Crippen molar-refractivity contribution in [3.05, 3.63) is 29.8 Å². The molecule has 1 aliphatic carbocycles. The van der Waals surface area contributed by atoms with Crippen molar-refractivity contribution in [2.24, 2.45) is 0 Å². The number of carbonyl (C=O) groups excluding carboxylic acids is 1. The average molecular weight is 423 g/mol. The topological polar surface area (TPSA) is 84.9 Å². The van der Waals surface area contributed by atoms with Crippen molar-refractivity contribution in [1.82, 2.24) is 4.90 Å². The van der Waals surface area contributed by atoms with Crippen LogP contribution in [0.3, 0.4) is 0 Å². The SMILES string of the molecule is CS(=O)(=O)Nc1ccc(C2(C(=O)N3CCC4(CC3)OCCO4)CCCCC2)cc1. The molecule has 1 amide bonds. The Hall–Kier alpha value is -1.64. The predicted molar refractivity (Wildman–Crippen MR) is 110 cm³/mol. The van der Waals surface area contributed by atoms with Gasteiger partial charge in [0.15, 0.2) is 5.79 Å². The quantitative estimate of drug-likeness (QED) is 0.806. The number of likely N-dealkylation sites (tertiary alicyclic amines) is 1. The molecule has 1 aromatic rings. The van der Waals surface area contributed by atoms with Crippen LogP contribution in [0.2, 0.25) is 0 Å². The maximum absolute atomic E-state index is 13.7. The summed E-state index contributed by atoms with van der Waals surface area (Å²) in [7, 11) is -3.32. The number of piperidine rings is 1. The van der Waals surface area contributed by atoms with Gasteiger partial charge in [-0.05, 0) is 30.5 Å². The molecule has 0 aromatic heterocycles. The van der Waals surface area contributed by atoms with Gasteiger partial charge in [-0.15, -0.1) is 0 Å². The van der Waals surface area contributed by atoms with Gasteiger partial charge in [-0.3, -0.25) is 9.52 Å². The number of sulfonamides is 1. The van der Waals surface area contributed by atoms with E-state index in [-0.39, 0.29) is 5.91 Å². The number of nitrogens with zero attached hydrogens (tertiary/aromatic N) is 1. The van der Waals surface area contributed by atoms with E-state index in [1.807, 2.05) is 17.0 Å². The summed E-state index contributed by atoms with van der Waals surface area (Å²) >= 11 is 0. The minimum absolute atomic E-state index is 0.189. The molecule has 1 N–H and O–H groups in total. The van der Waals surface area contributed by atoms with Crippen LogP contribution in [0.4, 0.5) is 5.69 Å². The van der Waals surface area contributed by atoms with Gasteiger partial charge in [-0.1, -0.05) is 31.4 Å². The van der Waals surface area contributed by atoms with Gasteiger partial charge in [0.2, 0.25) is 15.9 Å². The van der Waals surface area contributed by atoms with Crippen LogP contribution in [-0.4, -0.2) is 57.6 Å². The Bertz CT molecular complexity index is 830. The first-order chi connectivity index (χ1) is 13.8. The largest absolute Gasteiger partial charge is 0.347 e. The molecule has 1 spiro atoms. The van der Waals surface area contributed by atoms with Crippen LogP contribution in [0.25, 0.3) is 0 Å². The number of nitrogens with one attached hydrogen (secondary N) is 1. The lowest BCUT2D eigenvalue weighted by atomic mass is 9.68. The maximum Gasteiger partial charge on any atom is 0.233 e. The number of carbonyl (C=O) groups is 1. The molecule has 3 aliphatic rings. The van der Waals surface area contributed by atoms with Gasteiger partial charge in [0.25, 0.3) is 0 Å². The minimum Gasteiger partial charge on any atom is -0.347 e. The van der Waals surface area contributed by atoms with Crippen LogP contribution < -0.4 is 4.72 Å². The van der Waals surface area contributed by atoms with E-state index in [4.69, 9.17) is 9.47 Å². The fourth-order valence-corrected chi connectivity index (χ4v) is 5.56. The van der Waals surface area contributed by atoms with Crippen LogP contribution >= 0.6 is 0 Å². The first-order valence-electron chi connectivity index (χ1n) is 10.5. The van der Waals surface area contributed by atoms with E-state index in [0.29, 0.717) is 44.8 Å². The number of hydrogen-bond donors (Lipinski definition) is 1. The number of rotatable bonds is 4. The van der Waals surface area contributed by atoms with Gasteiger partial charge < -0.3 is 14.4 Å². The van der Waals surface area contributed by atoms with Gasteiger partial charge in [0.1, 0.15) is 0 Å². The van der Waals surface area contributed by atoms with Crippen molar-refractivity contribution in [2.75, 3.05) is 37.3 Å². The lowest BCUT2D eigenvalue weighted by Crippen LogP contribution is -2.53. The first kappa shape index (κ1) is 20.6. The van der Waals surface area contributed by atoms with E-state index < -0.39 is 21.2 Å². The molecule has 2 saturated heterocycles. The highest BCUT2D eigenvalue weighted by Gasteiger charge is 2.47. The van der Waals surface area contributed by atoms with Crippen LogP contribution in [0.1, 0.15) is 50.5 Å². The van der Waals surface area contributed by atoms with E-state index in [9.17, 15) is 13.2 Å². The molecule has 29 heavy (non-hydrogen) atoms. The summed E-state index contributed by atoms with van der Waals surface area (Å²) in [6.45, 7) is 2.56. The monoisotopic (exact) mass is 422 g/mol. The van der Waals surface area contributed by atoms with E-state index in [1.165, 1.54) is 0 Å². The zero-order chi connectivity index (χ0) is 20.5. The smallest absolute Gasteiger partial charge is 0.233 e. The third-order valence-electron chi connectivity index (χ3n) is 6.48. The normalized spacial score (nSPS) is 23.8. The molecule has 1 aromatic carbocycles. The highest BCUT2D eigenvalue weighted by molar-refractivity contribution is 7.92. The van der Waals surface area contributed by atoms with Crippen molar-refractivity contribution in [2.45, 2.75) is 56.1 Å². The van der Waals surface area contributed by atoms with Gasteiger partial charge in [-0.2, -0.15) is 0 Å². The van der Waals surface area contributed by atoms with E-state index in [1.54, 1.807) is 12.1 Å². The second kappa shape index (κ2) is 7.89. The van der Waals surface area contributed by atoms with Gasteiger partial charge in [0.05, 0.1) is 24.9 Å². The molecule has 8 heteroatoms. The Labute approximate surface area is 172 Å². The second-order valence-corrected chi connectivity index (χ2v) is 10.2. The number of ether oxygens (including phenoxy) is 2. The molecule has 1 saturated carbocycles. The third-order valence-corrected chi connectivity index (χ3v) is 7.09. The molecule has 0 atom stereocenters. The Morgan fingerprint density at radius 3 is 2.10 bits per heavy atom. The molecular weight excluding hydrogens is 392 g/mol. The Balaban J connectivity index is 1.54. The standard InChI is InChI=1S/C21H30N2O5S/c1-29(25,26)22-18-7-5-17(6-8-18)20(9-3-2-4-10-20)19(24)23-13-11-21(12-14-23)27-15-16-28-21/h5-8,22H,2-4,9-16H2,1H3. The lowest BCUT2D eigenvalue weighted by molar-refractivity contribution is -0.189. The van der Waals surface area contributed by atoms with Crippen molar-refractivity contribution < 1.29 is 22.7 Å². The van der Waals surface area contributed by atoms with Crippen LogP contribution in [0, 0.1) is 0 Å². The van der Waals surface area contributed by atoms with Crippen molar-refractivity contribution in [3.63, 3.8) is 0 Å². The molecule has 0 bridgehead atoms. The summed E-state index contributed by atoms with van der Waals surface area (Å²) in [6, 6.07) is 7.33. The molecule has 160 valence electrons. The molecule has 2 heterocycles. The minimum atomic E-state index is -3.32. The summed E-state index contributed by atoms with van der Waals surface area (Å²) in [5.41, 5.74) is 0.976. The Kier molecular flexibility index (Phi) is 5.61. The number of benzene rings is 1. The zero-order valence-electron chi connectivity index (χ0n) is 17.0. The van der Waals surface area contributed by atoms with E-state index in [0.717, 1.165) is 43.9 Å². The fourth-order valence-electron chi connectivity index (χ4n) is 4.99. The zero-order valence-corrected chi connectivity index (χ0v) is 17.8. The second-order valence-electron chi connectivity index (χ2n) is 8.49. The molecule has 0 radical (unpaired) electrons. The van der Waals surface area contributed by atoms with Gasteiger partial charge in [-0.25, -0.2) is 8.42 Å². The highest BCUT2D eigenvalue weighted by atomic mass is 32.2. The molecule has 7 nitrogen and oxygen atoms in total. The summed E-state index contributed by atoms with van der Waals surface area (Å²) < 4.78 is 37.1. The number of hydrogen-bond acceptors (Lipinski definition) is 5. The summed E-state index contributed by atoms with van der Waals surface area (Å²) in [5, 5.41) is 0. The highest BCUT2D eigenvalue weighted by Crippen LogP contribution is 2.43. The number of amides is 1. The van der Waals surface area contributed by atoms with Crippen LogP contribution in [0.5, 0.6) is 0 Å². The fraction of sp³-hybridized carbons (Fsp3) is 0.667. The Morgan fingerprint density at radius 2 is 1.55 bits per heavy atom. The average Bonchev–Trinajstić information content (AvgIpc) is 3.16. The molecule has 0 unspecified atom stereocenters. The van der Waals surface area contributed by atoms with Crippen molar-refractivity contribution in [3.8, 4) is 0 Å². The molecule has 4 rings (SSSR count). The van der Waals surface area contributed by atoms with E-state index >= 15 is 0 Å². The lowest BCUT2D eigenvalue weighted by Gasteiger charge is -2.44. The number of anilines is 1. The first-order valence-corrected chi connectivity index (χ1v) is 12.4. The van der Waals surface area contributed by atoms with Gasteiger partial charge in [0, 0.05) is 31.6 Å². The Morgan fingerprint density at radius 1 is 0.966 bits per heavy atom. The van der Waals surface area contributed by atoms with Crippen molar-refractivity contribution >= 4 is 21.6 Å². The summed E-state index contributed by atoms with van der Waals surface area (Å²) in [5.74, 6) is -0.302. The van der Waals surface area contributed by atoms with Gasteiger partial charge >= 0.3 is 0 Å². The summed E-state index contributed by atoms with van der Waals surface area (Å²) in [4.78, 5) is 15.7. The third kappa shape index (κ3) is 4.29. The molecular formula is C21H30N2O5S. The predicted octanol–water partition coefficient (Wildman–Crippen LogP) is 2.63. The van der Waals surface area contributed by atoms with E-state index in [2.05, 4.69) is 4.72 Å². The van der Waals surface area contributed by atoms with Crippen LogP contribution in [0.15, 0.2) is 24.3 Å². The molecule has 2 aliphatic heterocycles. The van der Waals surface area contributed by atoms with Crippen LogP contribution in [-0.2, 0) is 29.7 Å². The maximum atomic E-state index is 13.7.